The van der Waals surface area contributed by atoms with Crippen LogP contribution in [0.1, 0.15) is 16.1 Å². The van der Waals surface area contributed by atoms with E-state index in [2.05, 4.69) is 15.8 Å². The molecule has 1 fully saturated rings. The second kappa shape index (κ2) is 6.88. The molecule has 128 valence electrons. The van der Waals surface area contributed by atoms with Crippen molar-refractivity contribution >= 4 is 17.5 Å². The molecule has 0 spiro atoms. The fourth-order valence-corrected chi connectivity index (χ4v) is 3.03. The first-order chi connectivity index (χ1) is 11.5. The molecular weight excluding hydrogens is 337 g/mol. The monoisotopic (exact) mass is 353 g/mol. The SMILES string of the molecule is Cc1onc(-c2c(F)cccc2Cl)c1C(=O)NCC1CNCC1O. The fraction of sp³-hybridized carbons (Fsp3) is 0.375. The van der Waals surface area contributed by atoms with E-state index in [1.165, 1.54) is 18.2 Å². The van der Waals surface area contributed by atoms with Gasteiger partial charge in [-0.2, -0.15) is 0 Å². The summed E-state index contributed by atoms with van der Waals surface area (Å²) in [5, 5.41) is 19.5. The van der Waals surface area contributed by atoms with Crippen LogP contribution in [-0.2, 0) is 0 Å². The normalized spacial score (nSPS) is 20.3. The molecule has 1 aromatic heterocycles. The van der Waals surface area contributed by atoms with Gasteiger partial charge in [-0.1, -0.05) is 22.8 Å². The maximum absolute atomic E-state index is 14.1. The van der Waals surface area contributed by atoms with Crippen molar-refractivity contribution in [2.24, 2.45) is 5.92 Å². The predicted octanol–water partition coefficient (Wildman–Crippen LogP) is 1.75. The number of aromatic nitrogens is 1. The first kappa shape index (κ1) is 16.9. The molecule has 1 amide bonds. The van der Waals surface area contributed by atoms with E-state index in [0.717, 1.165) is 0 Å². The number of hydrogen-bond donors (Lipinski definition) is 3. The maximum Gasteiger partial charge on any atom is 0.257 e. The summed E-state index contributed by atoms with van der Waals surface area (Å²) in [6.45, 7) is 2.99. The number of nitrogens with one attached hydrogen (secondary N) is 2. The van der Waals surface area contributed by atoms with Crippen LogP contribution in [0.5, 0.6) is 0 Å². The van der Waals surface area contributed by atoms with Crippen LogP contribution in [0, 0.1) is 18.7 Å². The van der Waals surface area contributed by atoms with Crippen LogP contribution in [0.3, 0.4) is 0 Å². The Morgan fingerprint density at radius 3 is 3.00 bits per heavy atom. The van der Waals surface area contributed by atoms with Gasteiger partial charge in [0.15, 0.2) is 0 Å². The zero-order chi connectivity index (χ0) is 17.3. The minimum Gasteiger partial charge on any atom is -0.391 e. The van der Waals surface area contributed by atoms with Crippen LogP contribution in [0.25, 0.3) is 11.3 Å². The van der Waals surface area contributed by atoms with Crippen LogP contribution in [0.2, 0.25) is 5.02 Å². The molecule has 2 atom stereocenters. The van der Waals surface area contributed by atoms with Crippen molar-refractivity contribution in [2.75, 3.05) is 19.6 Å². The van der Waals surface area contributed by atoms with Gasteiger partial charge in [-0.15, -0.1) is 0 Å². The fourth-order valence-electron chi connectivity index (χ4n) is 2.77. The zero-order valence-corrected chi connectivity index (χ0v) is 13.7. The van der Waals surface area contributed by atoms with E-state index in [1.54, 1.807) is 6.92 Å². The smallest absolute Gasteiger partial charge is 0.257 e. The molecule has 8 heteroatoms. The molecule has 2 heterocycles. The van der Waals surface area contributed by atoms with Gasteiger partial charge < -0.3 is 20.3 Å². The second-order valence-electron chi connectivity index (χ2n) is 5.75. The number of β-amino-alcohol motifs (C(OH)–C–C–N with tert-alkyl or cyclic N) is 1. The molecule has 1 aliphatic rings. The van der Waals surface area contributed by atoms with Gasteiger partial charge in [0.05, 0.1) is 16.7 Å². The minimum absolute atomic E-state index is 0.0312. The number of carbonyl (C=O) groups excluding carboxylic acids is 1. The van der Waals surface area contributed by atoms with E-state index in [4.69, 9.17) is 16.1 Å². The van der Waals surface area contributed by atoms with E-state index >= 15 is 0 Å². The third-order valence-corrected chi connectivity index (χ3v) is 4.43. The summed E-state index contributed by atoms with van der Waals surface area (Å²) >= 11 is 6.06. The Morgan fingerprint density at radius 1 is 1.54 bits per heavy atom. The summed E-state index contributed by atoms with van der Waals surface area (Å²) in [5.41, 5.74) is 0.240. The summed E-state index contributed by atoms with van der Waals surface area (Å²) in [7, 11) is 0. The molecule has 0 bridgehead atoms. The number of aliphatic hydroxyl groups is 1. The number of nitrogens with zero attached hydrogens (tertiary/aromatic N) is 1. The number of aliphatic hydroxyl groups excluding tert-OH is 1. The molecule has 1 aliphatic heterocycles. The van der Waals surface area contributed by atoms with Gasteiger partial charge in [0.25, 0.3) is 5.91 Å². The molecule has 6 nitrogen and oxygen atoms in total. The van der Waals surface area contributed by atoms with Crippen LogP contribution in [-0.4, -0.2) is 41.9 Å². The summed E-state index contributed by atoms with van der Waals surface area (Å²) < 4.78 is 19.2. The van der Waals surface area contributed by atoms with Gasteiger partial charge >= 0.3 is 0 Å². The highest BCUT2D eigenvalue weighted by molar-refractivity contribution is 6.33. The van der Waals surface area contributed by atoms with Crippen molar-refractivity contribution in [3.8, 4) is 11.3 Å². The van der Waals surface area contributed by atoms with Gasteiger partial charge in [-0.05, 0) is 19.1 Å². The maximum atomic E-state index is 14.1. The number of halogens is 2. The number of hydrogen-bond acceptors (Lipinski definition) is 5. The average Bonchev–Trinajstić information content (AvgIpc) is 3.11. The number of carbonyl (C=O) groups is 1. The van der Waals surface area contributed by atoms with Crippen LogP contribution < -0.4 is 10.6 Å². The number of rotatable bonds is 4. The number of amides is 1. The highest BCUT2D eigenvalue weighted by Crippen LogP contribution is 2.33. The van der Waals surface area contributed by atoms with E-state index in [1.807, 2.05) is 0 Å². The lowest BCUT2D eigenvalue weighted by molar-refractivity contribution is 0.0926. The van der Waals surface area contributed by atoms with Crippen molar-refractivity contribution in [3.05, 3.63) is 40.4 Å². The van der Waals surface area contributed by atoms with Crippen molar-refractivity contribution in [1.82, 2.24) is 15.8 Å². The predicted molar refractivity (Wildman–Crippen MR) is 86.3 cm³/mol. The highest BCUT2D eigenvalue weighted by atomic mass is 35.5. The third-order valence-electron chi connectivity index (χ3n) is 4.12. The summed E-state index contributed by atoms with van der Waals surface area (Å²) in [6, 6.07) is 4.24. The largest absolute Gasteiger partial charge is 0.391 e. The Labute approximate surface area is 143 Å². The van der Waals surface area contributed by atoms with Crippen molar-refractivity contribution in [1.29, 1.82) is 0 Å². The molecular formula is C16H17ClFN3O3. The lowest BCUT2D eigenvalue weighted by atomic mass is 10.0. The average molecular weight is 354 g/mol. The molecule has 2 aromatic rings. The quantitative estimate of drug-likeness (QED) is 0.779. The minimum atomic E-state index is -0.583. The Kier molecular flexibility index (Phi) is 4.84. The van der Waals surface area contributed by atoms with Gasteiger partial charge in [0.2, 0.25) is 0 Å². The van der Waals surface area contributed by atoms with E-state index in [0.29, 0.717) is 19.6 Å². The first-order valence-corrected chi connectivity index (χ1v) is 7.94. The molecule has 1 aromatic carbocycles. The summed E-state index contributed by atoms with van der Waals surface area (Å²) in [6.07, 6.45) is -0.505. The van der Waals surface area contributed by atoms with E-state index in [9.17, 15) is 14.3 Å². The first-order valence-electron chi connectivity index (χ1n) is 7.56. The lowest BCUT2D eigenvalue weighted by Crippen LogP contribution is -2.34. The topological polar surface area (TPSA) is 87.4 Å². The Morgan fingerprint density at radius 2 is 2.33 bits per heavy atom. The van der Waals surface area contributed by atoms with E-state index in [-0.39, 0.29) is 33.5 Å². The van der Waals surface area contributed by atoms with Crippen molar-refractivity contribution < 1.29 is 18.8 Å². The van der Waals surface area contributed by atoms with Crippen molar-refractivity contribution in [3.63, 3.8) is 0 Å². The third kappa shape index (κ3) is 3.15. The molecule has 0 radical (unpaired) electrons. The van der Waals surface area contributed by atoms with Gasteiger partial charge in [-0.3, -0.25) is 4.79 Å². The van der Waals surface area contributed by atoms with Crippen molar-refractivity contribution in [2.45, 2.75) is 13.0 Å². The molecule has 2 unspecified atom stereocenters. The molecule has 24 heavy (non-hydrogen) atoms. The lowest BCUT2D eigenvalue weighted by Gasteiger charge is -2.14. The molecule has 1 saturated heterocycles. The Hall–Kier alpha value is -1.96. The highest BCUT2D eigenvalue weighted by Gasteiger charge is 2.28. The molecule has 3 N–H and O–H groups in total. The summed E-state index contributed by atoms with van der Waals surface area (Å²) in [5.74, 6) is -0.830. The van der Waals surface area contributed by atoms with Gasteiger partial charge in [0, 0.05) is 25.6 Å². The van der Waals surface area contributed by atoms with Gasteiger partial charge in [0.1, 0.15) is 22.8 Å². The molecule has 0 aliphatic carbocycles. The zero-order valence-electron chi connectivity index (χ0n) is 13.0. The summed E-state index contributed by atoms with van der Waals surface area (Å²) in [4.78, 5) is 12.5. The molecule has 3 rings (SSSR count). The Bertz CT molecular complexity index is 745. The van der Waals surface area contributed by atoms with Crippen LogP contribution in [0.4, 0.5) is 4.39 Å². The Balaban J connectivity index is 1.86. The number of aryl methyl sites for hydroxylation is 1. The van der Waals surface area contributed by atoms with Crippen LogP contribution in [0.15, 0.2) is 22.7 Å². The second-order valence-corrected chi connectivity index (χ2v) is 6.16. The van der Waals surface area contributed by atoms with Gasteiger partial charge in [-0.25, -0.2) is 4.39 Å². The number of benzene rings is 1. The molecule has 0 saturated carbocycles. The van der Waals surface area contributed by atoms with Crippen LogP contribution >= 0.6 is 11.6 Å². The standard InChI is InChI=1S/C16H17ClFN3O3/c1-8-13(16(23)20-6-9-5-19-7-12(9)22)15(21-24-8)14-10(17)3-2-4-11(14)18/h2-4,9,12,19,22H,5-7H2,1H3,(H,20,23). The van der Waals surface area contributed by atoms with E-state index < -0.39 is 17.8 Å².